The minimum absolute atomic E-state index is 0.201. The van der Waals surface area contributed by atoms with Crippen LogP contribution in [-0.2, 0) is 12.0 Å². The molecule has 0 saturated carbocycles. The molecule has 0 spiro atoms. The molecule has 0 aromatic heterocycles. The molecule has 88 valence electrons. The molecule has 0 aliphatic carbocycles. The quantitative estimate of drug-likeness (QED) is 0.724. The smallest absolute Gasteiger partial charge is 0.123 e. The van der Waals surface area contributed by atoms with Gasteiger partial charge in [-0.15, -0.1) is 0 Å². The molecule has 16 heavy (non-hydrogen) atoms. The van der Waals surface area contributed by atoms with E-state index in [-0.39, 0.29) is 5.41 Å². The lowest BCUT2D eigenvalue weighted by Gasteiger charge is -2.20. The standard InChI is InChI=1S/C14H21NO/c1-10-9-16-13-6-5-12(14(2,3)4)7-11(13)8-15-10/h5-7,10,15H,8-9H2,1-4H3. The lowest BCUT2D eigenvalue weighted by atomic mass is 9.86. The van der Waals surface area contributed by atoms with E-state index in [1.807, 2.05) is 0 Å². The lowest BCUT2D eigenvalue weighted by molar-refractivity contribution is 0.287. The maximum atomic E-state index is 5.77. The average Bonchev–Trinajstić information content (AvgIpc) is 2.39. The fourth-order valence-corrected chi connectivity index (χ4v) is 1.88. The molecule has 2 heteroatoms. The predicted molar refractivity (Wildman–Crippen MR) is 66.9 cm³/mol. The molecular formula is C14H21NO. The molecule has 1 aromatic rings. The summed E-state index contributed by atoms with van der Waals surface area (Å²) in [7, 11) is 0. The van der Waals surface area contributed by atoms with Crippen molar-refractivity contribution in [2.24, 2.45) is 0 Å². The number of rotatable bonds is 0. The fraction of sp³-hybridized carbons (Fsp3) is 0.571. The molecule has 1 N–H and O–H groups in total. The van der Waals surface area contributed by atoms with Gasteiger partial charge in [-0.25, -0.2) is 0 Å². The maximum Gasteiger partial charge on any atom is 0.123 e. The van der Waals surface area contributed by atoms with E-state index in [4.69, 9.17) is 4.74 Å². The van der Waals surface area contributed by atoms with Crippen molar-refractivity contribution in [1.29, 1.82) is 0 Å². The summed E-state index contributed by atoms with van der Waals surface area (Å²) < 4.78 is 5.77. The highest BCUT2D eigenvalue weighted by molar-refractivity contribution is 5.40. The topological polar surface area (TPSA) is 21.3 Å². The van der Waals surface area contributed by atoms with Gasteiger partial charge >= 0.3 is 0 Å². The van der Waals surface area contributed by atoms with Gasteiger partial charge in [0.1, 0.15) is 12.4 Å². The van der Waals surface area contributed by atoms with Crippen molar-refractivity contribution in [3.63, 3.8) is 0 Å². The Morgan fingerprint density at radius 2 is 2.06 bits per heavy atom. The highest BCUT2D eigenvalue weighted by atomic mass is 16.5. The zero-order valence-corrected chi connectivity index (χ0v) is 10.6. The van der Waals surface area contributed by atoms with Crippen molar-refractivity contribution >= 4 is 0 Å². The lowest BCUT2D eigenvalue weighted by Crippen LogP contribution is -2.28. The minimum Gasteiger partial charge on any atom is -0.492 e. The maximum absolute atomic E-state index is 5.77. The molecule has 0 amide bonds. The largest absolute Gasteiger partial charge is 0.492 e. The Labute approximate surface area is 98.0 Å². The summed E-state index contributed by atoms with van der Waals surface area (Å²) in [5, 5.41) is 3.45. The Hall–Kier alpha value is -1.02. The third-order valence-electron chi connectivity index (χ3n) is 3.06. The van der Waals surface area contributed by atoms with Crippen molar-refractivity contribution < 1.29 is 4.74 Å². The van der Waals surface area contributed by atoms with Crippen molar-refractivity contribution in [3.05, 3.63) is 29.3 Å². The highest BCUT2D eigenvalue weighted by Gasteiger charge is 2.18. The van der Waals surface area contributed by atoms with Gasteiger partial charge in [0, 0.05) is 18.2 Å². The van der Waals surface area contributed by atoms with Gasteiger partial charge in [-0.05, 0) is 24.0 Å². The number of nitrogens with one attached hydrogen (secondary N) is 1. The van der Waals surface area contributed by atoms with Crippen LogP contribution in [0.3, 0.4) is 0 Å². The van der Waals surface area contributed by atoms with E-state index in [1.165, 1.54) is 11.1 Å². The third-order valence-corrected chi connectivity index (χ3v) is 3.06. The zero-order chi connectivity index (χ0) is 11.8. The second-order valence-corrected chi connectivity index (χ2v) is 5.67. The molecule has 1 heterocycles. The minimum atomic E-state index is 0.201. The van der Waals surface area contributed by atoms with E-state index < -0.39 is 0 Å². The van der Waals surface area contributed by atoms with Crippen LogP contribution in [0.5, 0.6) is 5.75 Å². The Morgan fingerprint density at radius 3 is 2.75 bits per heavy atom. The fourth-order valence-electron chi connectivity index (χ4n) is 1.88. The summed E-state index contributed by atoms with van der Waals surface area (Å²) >= 11 is 0. The van der Waals surface area contributed by atoms with E-state index in [9.17, 15) is 0 Å². The molecule has 0 radical (unpaired) electrons. The summed E-state index contributed by atoms with van der Waals surface area (Å²) in [4.78, 5) is 0. The first kappa shape index (κ1) is 11.5. The van der Waals surface area contributed by atoms with Crippen LogP contribution in [0.4, 0.5) is 0 Å². The van der Waals surface area contributed by atoms with Crippen LogP contribution < -0.4 is 10.1 Å². The molecule has 1 atom stereocenters. The summed E-state index contributed by atoms with van der Waals surface area (Å²) in [5.41, 5.74) is 2.84. The molecule has 1 aromatic carbocycles. The van der Waals surface area contributed by atoms with Crippen molar-refractivity contribution in [3.8, 4) is 5.75 Å². The van der Waals surface area contributed by atoms with Gasteiger partial charge in [0.05, 0.1) is 0 Å². The molecule has 1 unspecified atom stereocenters. The SMILES string of the molecule is CC1COc2ccc(C(C)(C)C)cc2CN1. The third kappa shape index (κ3) is 2.38. The normalized spacial score (nSPS) is 20.9. The second kappa shape index (κ2) is 4.10. The van der Waals surface area contributed by atoms with E-state index in [2.05, 4.69) is 51.2 Å². The van der Waals surface area contributed by atoms with Crippen LogP contribution in [0, 0.1) is 0 Å². The molecule has 0 saturated heterocycles. The molecule has 0 bridgehead atoms. The Kier molecular flexibility index (Phi) is 2.94. The average molecular weight is 219 g/mol. The van der Waals surface area contributed by atoms with E-state index >= 15 is 0 Å². The molecule has 2 nitrogen and oxygen atoms in total. The second-order valence-electron chi connectivity index (χ2n) is 5.67. The number of benzene rings is 1. The van der Waals surface area contributed by atoms with Gasteiger partial charge in [-0.3, -0.25) is 0 Å². The molecule has 2 rings (SSSR count). The van der Waals surface area contributed by atoms with Crippen LogP contribution in [0.25, 0.3) is 0 Å². The molecule has 0 fully saturated rings. The van der Waals surface area contributed by atoms with Crippen molar-refractivity contribution in [2.45, 2.75) is 45.7 Å². The van der Waals surface area contributed by atoms with E-state index in [1.54, 1.807) is 0 Å². The number of fused-ring (bicyclic) bond motifs is 1. The monoisotopic (exact) mass is 219 g/mol. The highest BCUT2D eigenvalue weighted by Crippen LogP contribution is 2.29. The Balaban J connectivity index is 2.32. The van der Waals surface area contributed by atoms with Gasteiger partial charge in [0.25, 0.3) is 0 Å². The van der Waals surface area contributed by atoms with Gasteiger partial charge < -0.3 is 10.1 Å². The first-order chi connectivity index (χ1) is 7.47. The van der Waals surface area contributed by atoms with Crippen LogP contribution in [0.2, 0.25) is 0 Å². The summed E-state index contributed by atoms with van der Waals surface area (Å²) in [6.45, 7) is 10.5. The Bertz CT molecular complexity index is 379. The molecule has 1 aliphatic heterocycles. The number of hydrogen-bond acceptors (Lipinski definition) is 2. The van der Waals surface area contributed by atoms with Crippen molar-refractivity contribution in [1.82, 2.24) is 5.32 Å². The molecular weight excluding hydrogens is 198 g/mol. The van der Waals surface area contributed by atoms with E-state index in [0.717, 1.165) is 18.9 Å². The summed E-state index contributed by atoms with van der Waals surface area (Å²) in [6, 6.07) is 6.97. The Morgan fingerprint density at radius 1 is 1.31 bits per heavy atom. The van der Waals surface area contributed by atoms with Gasteiger partial charge in [-0.2, -0.15) is 0 Å². The van der Waals surface area contributed by atoms with Crippen LogP contribution >= 0.6 is 0 Å². The van der Waals surface area contributed by atoms with Crippen LogP contribution in [0.15, 0.2) is 18.2 Å². The van der Waals surface area contributed by atoms with E-state index in [0.29, 0.717) is 6.04 Å². The van der Waals surface area contributed by atoms with Gasteiger partial charge in [0.15, 0.2) is 0 Å². The van der Waals surface area contributed by atoms with Crippen LogP contribution in [0.1, 0.15) is 38.8 Å². The first-order valence-electron chi connectivity index (χ1n) is 5.96. The zero-order valence-electron chi connectivity index (χ0n) is 10.6. The van der Waals surface area contributed by atoms with Gasteiger partial charge in [0.2, 0.25) is 0 Å². The van der Waals surface area contributed by atoms with Crippen molar-refractivity contribution in [2.75, 3.05) is 6.61 Å². The number of ether oxygens (including phenoxy) is 1. The first-order valence-corrected chi connectivity index (χ1v) is 5.96. The number of hydrogen-bond donors (Lipinski definition) is 1. The van der Waals surface area contributed by atoms with Crippen LogP contribution in [-0.4, -0.2) is 12.6 Å². The molecule has 1 aliphatic rings. The predicted octanol–water partition coefficient (Wildman–Crippen LogP) is 2.85. The summed E-state index contributed by atoms with van der Waals surface area (Å²) in [5.74, 6) is 1.03. The summed E-state index contributed by atoms with van der Waals surface area (Å²) in [6.07, 6.45) is 0. The van der Waals surface area contributed by atoms with Gasteiger partial charge in [-0.1, -0.05) is 32.9 Å².